The quantitative estimate of drug-likeness (QED) is 0.480. The van der Waals surface area contributed by atoms with Crippen molar-refractivity contribution in [2.45, 2.75) is 39.7 Å². The summed E-state index contributed by atoms with van der Waals surface area (Å²) >= 11 is 3.48. The molecular formula is C22H25BrN4O2. The van der Waals surface area contributed by atoms with Crippen LogP contribution in [0.2, 0.25) is 0 Å². The van der Waals surface area contributed by atoms with E-state index in [2.05, 4.69) is 45.1 Å². The average molecular weight is 457 g/mol. The number of hydrogen-bond donors (Lipinski definition) is 2. The third-order valence-electron chi connectivity index (χ3n) is 5.13. The van der Waals surface area contributed by atoms with E-state index in [1.54, 1.807) is 0 Å². The van der Waals surface area contributed by atoms with Crippen LogP contribution < -0.4 is 5.32 Å². The Kier molecular flexibility index (Phi) is 5.69. The summed E-state index contributed by atoms with van der Waals surface area (Å²) in [5.41, 5.74) is 3.69. The fourth-order valence-electron chi connectivity index (χ4n) is 3.42. The van der Waals surface area contributed by atoms with Crippen LogP contribution in [0.1, 0.15) is 49.2 Å². The summed E-state index contributed by atoms with van der Waals surface area (Å²) in [6, 6.07) is 7.60. The lowest BCUT2D eigenvalue weighted by Crippen LogP contribution is -2.10. The van der Waals surface area contributed by atoms with Crippen LogP contribution in [-0.4, -0.2) is 31.8 Å². The number of Topliss-reactive ketones (excluding diaryl/α,β-unsaturated/α-hetero) is 1. The average Bonchev–Trinajstić information content (AvgIpc) is 3.43. The van der Waals surface area contributed by atoms with Crippen LogP contribution in [0.3, 0.4) is 0 Å². The molecule has 7 heteroatoms. The number of benzene rings is 1. The van der Waals surface area contributed by atoms with Crippen molar-refractivity contribution in [3.8, 4) is 11.3 Å². The molecule has 0 bridgehead atoms. The van der Waals surface area contributed by atoms with E-state index in [1.807, 2.05) is 34.9 Å². The Morgan fingerprint density at radius 2 is 2.00 bits per heavy atom. The number of carbonyl (C=O) groups is 1. The molecule has 1 aromatic carbocycles. The topological polar surface area (TPSA) is 79.5 Å². The fourth-order valence-corrected chi connectivity index (χ4v) is 3.80. The molecule has 152 valence electrons. The molecule has 0 aliphatic heterocycles. The summed E-state index contributed by atoms with van der Waals surface area (Å²) in [5.74, 6) is 1.91. The maximum atomic E-state index is 12.4. The second-order valence-corrected chi connectivity index (χ2v) is 8.91. The Labute approximate surface area is 178 Å². The maximum absolute atomic E-state index is 12.4. The van der Waals surface area contributed by atoms with Crippen LogP contribution in [0.4, 0.5) is 5.82 Å². The van der Waals surface area contributed by atoms with Crippen LogP contribution in [0.15, 0.2) is 35.1 Å². The van der Waals surface area contributed by atoms with Gasteiger partial charge in [-0.25, -0.2) is 9.97 Å². The minimum absolute atomic E-state index is 0.180. The number of ketones is 1. The second-order valence-electron chi connectivity index (χ2n) is 8.09. The molecule has 3 aromatic rings. The number of imidazole rings is 1. The first-order valence-electron chi connectivity index (χ1n) is 10.0. The van der Waals surface area contributed by atoms with Gasteiger partial charge in [0.1, 0.15) is 4.60 Å². The molecule has 2 aromatic heterocycles. The molecule has 4 rings (SSSR count). The van der Waals surface area contributed by atoms with Crippen molar-refractivity contribution in [3.05, 3.63) is 46.3 Å². The first-order valence-corrected chi connectivity index (χ1v) is 10.8. The van der Waals surface area contributed by atoms with Crippen LogP contribution in [0.5, 0.6) is 0 Å². The number of fused-ring (bicyclic) bond motifs is 1. The summed E-state index contributed by atoms with van der Waals surface area (Å²) in [6.07, 6.45) is 4.83. The van der Waals surface area contributed by atoms with Gasteiger partial charge in [0, 0.05) is 30.3 Å². The van der Waals surface area contributed by atoms with Crippen molar-refractivity contribution in [2.75, 3.05) is 11.9 Å². The number of aromatic nitrogens is 3. The monoisotopic (exact) mass is 456 g/mol. The maximum Gasteiger partial charge on any atom is 0.181 e. The number of anilines is 1. The van der Waals surface area contributed by atoms with Crippen LogP contribution in [0.25, 0.3) is 16.9 Å². The number of halogens is 1. The zero-order valence-electron chi connectivity index (χ0n) is 16.7. The molecule has 2 heterocycles. The number of nitrogens with zero attached hydrogens (tertiary/aromatic N) is 3. The first kappa shape index (κ1) is 20.0. The highest BCUT2D eigenvalue weighted by molar-refractivity contribution is 9.10. The van der Waals surface area contributed by atoms with Gasteiger partial charge < -0.3 is 10.4 Å². The molecule has 1 aliphatic rings. The molecule has 0 unspecified atom stereocenters. The molecule has 0 spiro atoms. The highest BCUT2D eigenvalue weighted by atomic mass is 79.9. The van der Waals surface area contributed by atoms with Crippen LogP contribution in [0, 0.1) is 11.8 Å². The van der Waals surface area contributed by atoms with Crippen LogP contribution in [-0.2, 0) is 6.61 Å². The van der Waals surface area contributed by atoms with E-state index in [0.717, 1.165) is 23.4 Å². The molecule has 1 aliphatic carbocycles. The van der Waals surface area contributed by atoms with Crippen molar-refractivity contribution in [1.82, 2.24) is 14.4 Å². The third kappa shape index (κ3) is 4.36. The Hall–Kier alpha value is -2.25. The number of aliphatic hydroxyl groups excluding tert-OH is 1. The molecule has 0 atom stereocenters. The molecule has 0 amide bonds. The highest BCUT2D eigenvalue weighted by Crippen LogP contribution is 2.34. The third-order valence-corrected chi connectivity index (χ3v) is 5.51. The van der Waals surface area contributed by atoms with Gasteiger partial charge in [0.2, 0.25) is 0 Å². The van der Waals surface area contributed by atoms with E-state index in [4.69, 9.17) is 0 Å². The number of carbonyl (C=O) groups excluding carboxylic acids is 1. The van der Waals surface area contributed by atoms with Crippen molar-refractivity contribution in [3.63, 3.8) is 0 Å². The lowest BCUT2D eigenvalue weighted by molar-refractivity contribution is 0.0976. The molecule has 1 fully saturated rings. The zero-order chi connectivity index (χ0) is 20.5. The number of rotatable bonds is 8. The van der Waals surface area contributed by atoms with Gasteiger partial charge in [0.15, 0.2) is 17.2 Å². The van der Waals surface area contributed by atoms with Crippen molar-refractivity contribution < 1.29 is 9.90 Å². The minimum Gasteiger partial charge on any atom is -0.390 e. The lowest BCUT2D eigenvalue weighted by atomic mass is 10.0. The van der Waals surface area contributed by atoms with Gasteiger partial charge in [0.25, 0.3) is 0 Å². The van der Waals surface area contributed by atoms with Gasteiger partial charge in [-0.1, -0.05) is 38.1 Å². The van der Waals surface area contributed by atoms with E-state index in [1.165, 1.54) is 12.8 Å². The largest absolute Gasteiger partial charge is 0.390 e. The predicted octanol–water partition coefficient (Wildman–Crippen LogP) is 4.70. The van der Waals surface area contributed by atoms with Gasteiger partial charge >= 0.3 is 0 Å². The van der Waals surface area contributed by atoms with E-state index in [0.29, 0.717) is 40.0 Å². The predicted molar refractivity (Wildman–Crippen MR) is 117 cm³/mol. The van der Waals surface area contributed by atoms with Gasteiger partial charge in [-0.05, 0) is 40.6 Å². The summed E-state index contributed by atoms with van der Waals surface area (Å²) in [5, 5.41) is 13.3. The van der Waals surface area contributed by atoms with E-state index in [9.17, 15) is 9.90 Å². The summed E-state index contributed by atoms with van der Waals surface area (Å²) in [7, 11) is 0. The smallest absolute Gasteiger partial charge is 0.181 e. The summed E-state index contributed by atoms with van der Waals surface area (Å²) < 4.78 is 2.61. The molecule has 0 radical (unpaired) electrons. The van der Waals surface area contributed by atoms with Gasteiger partial charge in [-0.15, -0.1) is 0 Å². The van der Waals surface area contributed by atoms with E-state index in [-0.39, 0.29) is 12.4 Å². The van der Waals surface area contributed by atoms with Crippen LogP contribution >= 0.6 is 15.9 Å². The standard InChI is InChI=1S/C22H25BrN4O2/c1-13(2)10-24-21-22-25-17(12-28)20(27(22)11-19(23)26-21)16-7-5-15(6-8-16)18(29)9-14-3-4-14/h5-8,11,13-14,28H,3-4,9-10,12H2,1-2H3,(H,24,26). The second kappa shape index (κ2) is 8.24. The SMILES string of the molecule is CC(C)CNc1nc(Br)cn2c(-c3ccc(C(=O)CC4CC4)cc3)c(CO)nc12. The minimum atomic E-state index is -0.180. The molecule has 6 nitrogen and oxygen atoms in total. The Bertz CT molecular complexity index is 1040. The lowest BCUT2D eigenvalue weighted by Gasteiger charge is -2.11. The number of aliphatic hydroxyl groups is 1. The fraction of sp³-hybridized carbons (Fsp3) is 0.409. The van der Waals surface area contributed by atoms with Crippen molar-refractivity contribution in [1.29, 1.82) is 0 Å². The van der Waals surface area contributed by atoms with Gasteiger partial charge in [-0.2, -0.15) is 0 Å². The molecule has 1 saturated carbocycles. The molecular weight excluding hydrogens is 432 g/mol. The summed E-state index contributed by atoms with van der Waals surface area (Å²) in [6.45, 7) is 4.85. The molecule has 0 saturated heterocycles. The van der Waals surface area contributed by atoms with Gasteiger partial charge in [0.05, 0.1) is 18.0 Å². The van der Waals surface area contributed by atoms with Crippen molar-refractivity contribution >= 4 is 33.2 Å². The summed E-state index contributed by atoms with van der Waals surface area (Å²) in [4.78, 5) is 21.5. The van der Waals surface area contributed by atoms with E-state index >= 15 is 0 Å². The normalized spacial score (nSPS) is 14.0. The highest BCUT2D eigenvalue weighted by Gasteiger charge is 2.25. The molecule has 29 heavy (non-hydrogen) atoms. The Balaban J connectivity index is 1.73. The molecule has 2 N–H and O–H groups in total. The Morgan fingerprint density at radius 3 is 2.62 bits per heavy atom. The number of hydrogen-bond acceptors (Lipinski definition) is 5. The first-order chi connectivity index (χ1) is 14.0. The van der Waals surface area contributed by atoms with E-state index < -0.39 is 0 Å². The van der Waals surface area contributed by atoms with Crippen molar-refractivity contribution in [2.24, 2.45) is 11.8 Å². The zero-order valence-corrected chi connectivity index (χ0v) is 18.2. The van der Waals surface area contributed by atoms with Gasteiger partial charge in [-0.3, -0.25) is 9.20 Å². The Morgan fingerprint density at radius 1 is 1.28 bits per heavy atom. The number of nitrogens with one attached hydrogen (secondary N) is 1.